The predicted octanol–water partition coefficient (Wildman–Crippen LogP) is 3.43. The lowest BCUT2D eigenvalue weighted by Crippen LogP contribution is -2.29. The third kappa shape index (κ3) is 2.01. The summed E-state index contributed by atoms with van der Waals surface area (Å²) in [7, 11) is 0. The first-order valence-corrected chi connectivity index (χ1v) is 6.25. The smallest absolute Gasteiger partial charge is 0.0487 e. The Balaban J connectivity index is 2.43. The highest BCUT2D eigenvalue weighted by molar-refractivity contribution is 5.37. The molecular weight excluding hydrogens is 196 g/mol. The molecule has 1 nitrogen and oxygen atoms in total. The van der Waals surface area contributed by atoms with Gasteiger partial charge >= 0.3 is 0 Å². The van der Waals surface area contributed by atoms with Crippen molar-refractivity contribution in [2.24, 2.45) is 5.41 Å². The van der Waals surface area contributed by atoms with E-state index >= 15 is 0 Å². The van der Waals surface area contributed by atoms with Gasteiger partial charge in [0.1, 0.15) is 0 Å². The molecule has 1 atom stereocenters. The van der Waals surface area contributed by atoms with Crippen molar-refractivity contribution >= 4 is 0 Å². The first-order chi connectivity index (χ1) is 7.54. The molecule has 0 aromatic heterocycles. The van der Waals surface area contributed by atoms with E-state index in [0.29, 0.717) is 5.92 Å². The molecule has 1 heteroatoms. The first-order valence-electron chi connectivity index (χ1n) is 6.25. The lowest BCUT2D eigenvalue weighted by Gasteiger charge is -2.37. The molecule has 1 aliphatic carbocycles. The largest absolute Gasteiger partial charge is 0.396 e. The molecule has 0 saturated carbocycles. The lowest BCUT2D eigenvalue weighted by molar-refractivity contribution is 0.122. The molecule has 0 heterocycles. The van der Waals surface area contributed by atoms with Crippen LogP contribution in [0.5, 0.6) is 0 Å². The minimum absolute atomic E-state index is 0.00294. The van der Waals surface area contributed by atoms with Crippen molar-refractivity contribution in [1.82, 2.24) is 0 Å². The van der Waals surface area contributed by atoms with Gasteiger partial charge in [-0.3, -0.25) is 0 Å². The Bertz CT molecular complexity index is 379. The van der Waals surface area contributed by atoms with E-state index < -0.39 is 0 Å². The average molecular weight is 218 g/mol. The fraction of sp³-hybridized carbons (Fsp3) is 0.600. The van der Waals surface area contributed by atoms with Crippen LogP contribution in [0, 0.1) is 12.3 Å². The van der Waals surface area contributed by atoms with Gasteiger partial charge in [0.2, 0.25) is 0 Å². The molecule has 0 radical (unpaired) electrons. The highest BCUT2D eigenvalue weighted by Crippen LogP contribution is 2.43. The zero-order chi connectivity index (χ0) is 11.8. The van der Waals surface area contributed by atoms with Gasteiger partial charge in [0.15, 0.2) is 0 Å². The predicted molar refractivity (Wildman–Crippen MR) is 67.7 cm³/mol. The number of hydrogen-bond acceptors (Lipinski definition) is 1. The monoisotopic (exact) mass is 218 g/mol. The number of benzene rings is 1. The number of rotatable bonds is 2. The second kappa shape index (κ2) is 4.21. The van der Waals surface area contributed by atoms with Crippen LogP contribution in [0.1, 0.15) is 49.3 Å². The molecule has 0 fully saturated rings. The van der Waals surface area contributed by atoms with Crippen molar-refractivity contribution in [1.29, 1.82) is 0 Å². The third-order valence-electron chi connectivity index (χ3n) is 3.97. The van der Waals surface area contributed by atoms with Gasteiger partial charge in [-0.05, 0) is 48.6 Å². The van der Waals surface area contributed by atoms with Crippen molar-refractivity contribution in [2.75, 3.05) is 6.61 Å². The topological polar surface area (TPSA) is 20.2 Å². The highest BCUT2D eigenvalue weighted by atomic mass is 16.3. The van der Waals surface area contributed by atoms with Crippen LogP contribution < -0.4 is 0 Å². The zero-order valence-electron chi connectivity index (χ0n) is 10.6. The number of aliphatic hydroxyl groups excluding tert-OH is 1. The van der Waals surface area contributed by atoms with Gasteiger partial charge in [0.05, 0.1) is 0 Å². The van der Waals surface area contributed by atoms with Crippen LogP contribution in [0.4, 0.5) is 0 Å². The van der Waals surface area contributed by atoms with Crippen LogP contribution in [0.3, 0.4) is 0 Å². The summed E-state index contributed by atoms with van der Waals surface area (Å²) >= 11 is 0. The van der Waals surface area contributed by atoms with E-state index in [4.69, 9.17) is 0 Å². The fourth-order valence-corrected chi connectivity index (χ4v) is 2.84. The Hall–Kier alpha value is -0.820. The Labute approximate surface area is 98.5 Å². The second-order valence-corrected chi connectivity index (χ2v) is 5.79. The molecule has 0 amide bonds. The van der Waals surface area contributed by atoms with Crippen LogP contribution >= 0.6 is 0 Å². The number of aliphatic hydroxyl groups is 1. The van der Waals surface area contributed by atoms with Gasteiger partial charge < -0.3 is 5.11 Å². The summed E-state index contributed by atoms with van der Waals surface area (Å²) in [6, 6.07) is 6.79. The Morgan fingerprint density at radius 1 is 1.38 bits per heavy atom. The van der Waals surface area contributed by atoms with Gasteiger partial charge in [0, 0.05) is 6.61 Å². The zero-order valence-corrected chi connectivity index (χ0v) is 10.6. The average Bonchev–Trinajstić information content (AvgIpc) is 2.28. The molecule has 1 N–H and O–H groups in total. The van der Waals surface area contributed by atoms with Crippen LogP contribution in [-0.4, -0.2) is 11.7 Å². The normalized spacial score (nSPS) is 20.6. The van der Waals surface area contributed by atoms with Gasteiger partial charge in [-0.1, -0.05) is 37.6 Å². The number of hydrogen-bond donors (Lipinski definition) is 1. The van der Waals surface area contributed by atoms with E-state index in [1.54, 1.807) is 0 Å². The second-order valence-electron chi connectivity index (χ2n) is 5.79. The number of aryl methyl sites for hydroxylation is 2. The van der Waals surface area contributed by atoms with Crippen molar-refractivity contribution < 1.29 is 5.11 Å². The lowest BCUT2D eigenvalue weighted by atomic mass is 9.68. The fourth-order valence-electron chi connectivity index (χ4n) is 2.84. The van der Waals surface area contributed by atoms with Crippen LogP contribution in [-0.2, 0) is 6.42 Å². The minimum Gasteiger partial charge on any atom is -0.396 e. The van der Waals surface area contributed by atoms with Gasteiger partial charge in [-0.25, -0.2) is 0 Å². The van der Waals surface area contributed by atoms with E-state index in [1.807, 2.05) is 0 Å². The quantitative estimate of drug-likeness (QED) is 0.806. The van der Waals surface area contributed by atoms with E-state index in [9.17, 15) is 5.11 Å². The molecule has 1 aromatic rings. The standard InChI is InChI=1S/C15H22O/c1-11-7-8-12-5-4-6-14(13(12)9-11)15(2,3)10-16/h7-9,14,16H,4-6,10H2,1-3H3. The summed E-state index contributed by atoms with van der Waals surface area (Å²) in [5.41, 5.74) is 4.30. The van der Waals surface area contributed by atoms with Crippen molar-refractivity contribution in [3.05, 3.63) is 34.9 Å². The Kier molecular flexibility index (Phi) is 3.07. The summed E-state index contributed by atoms with van der Waals surface area (Å²) in [6.45, 7) is 6.77. The summed E-state index contributed by atoms with van der Waals surface area (Å²) in [6.07, 6.45) is 3.67. The van der Waals surface area contributed by atoms with Gasteiger partial charge in [0.25, 0.3) is 0 Å². The first kappa shape index (κ1) is 11.7. The van der Waals surface area contributed by atoms with Crippen LogP contribution in [0.2, 0.25) is 0 Å². The maximum Gasteiger partial charge on any atom is 0.0487 e. The van der Waals surface area contributed by atoms with Crippen molar-refractivity contribution in [2.45, 2.75) is 46.0 Å². The molecule has 1 aliphatic rings. The number of fused-ring (bicyclic) bond motifs is 1. The molecule has 0 bridgehead atoms. The molecule has 2 rings (SSSR count). The van der Waals surface area contributed by atoms with Crippen LogP contribution in [0.15, 0.2) is 18.2 Å². The van der Waals surface area contributed by atoms with Crippen molar-refractivity contribution in [3.8, 4) is 0 Å². The molecule has 1 aromatic carbocycles. The maximum absolute atomic E-state index is 9.54. The molecule has 88 valence electrons. The maximum atomic E-state index is 9.54. The summed E-state index contributed by atoms with van der Waals surface area (Å²) in [5.74, 6) is 0.515. The van der Waals surface area contributed by atoms with E-state index in [-0.39, 0.29) is 12.0 Å². The van der Waals surface area contributed by atoms with Crippen LogP contribution in [0.25, 0.3) is 0 Å². The summed E-state index contributed by atoms with van der Waals surface area (Å²) in [5, 5.41) is 9.54. The van der Waals surface area contributed by atoms with Crippen molar-refractivity contribution in [3.63, 3.8) is 0 Å². The molecule has 1 unspecified atom stereocenters. The summed E-state index contributed by atoms with van der Waals surface area (Å²) in [4.78, 5) is 0. The van der Waals surface area contributed by atoms with E-state index in [1.165, 1.54) is 36.0 Å². The Morgan fingerprint density at radius 3 is 2.81 bits per heavy atom. The third-order valence-corrected chi connectivity index (χ3v) is 3.97. The van der Waals surface area contributed by atoms with Gasteiger partial charge in [-0.2, -0.15) is 0 Å². The Morgan fingerprint density at radius 2 is 2.12 bits per heavy atom. The van der Waals surface area contributed by atoms with E-state index in [2.05, 4.69) is 39.0 Å². The molecular formula is C15H22O. The highest BCUT2D eigenvalue weighted by Gasteiger charge is 2.33. The van der Waals surface area contributed by atoms with Gasteiger partial charge in [-0.15, -0.1) is 0 Å². The van der Waals surface area contributed by atoms with E-state index in [0.717, 1.165) is 0 Å². The SMILES string of the molecule is Cc1ccc2c(c1)C(C(C)(C)CO)CCC2. The molecule has 0 aliphatic heterocycles. The molecule has 0 spiro atoms. The molecule has 16 heavy (non-hydrogen) atoms. The minimum atomic E-state index is 0.00294. The summed E-state index contributed by atoms with van der Waals surface area (Å²) < 4.78 is 0. The molecule has 0 saturated heterocycles.